The highest BCUT2D eigenvalue weighted by molar-refractivity contribution is 5.79. The van der Waals surface area contributed by atoms with Gasteiger partial charge in [0, 0.05) is 36.6 Å². The Morgan fingerprint density at radius 2 is 1.87 bits per heavy atom. The van der Waals surface area contributed by atoms with Crippen LogP contribution in [0.1, 0.15) is 50.1 Å². The number of amides is 1. The van der Waals surface area contributed by atoms with E-state index in [9.17, 15) is 4.79 Å². The topological polar surface area (TPSA) is 68.5 Å². The number of carbonyl (C=O) groups excluding carboxylic acids is 1. The van der Waals surface area contributed by atoms with Crippen molar-refractivity contribution in [3.05, 3.63) is 65.5 Å². The maximum Gasteiger partial charge on any atom is 0.257 e. The fraction of sp³-hybridized carbons (Fsp3) is 0.375. The van der Waals surface area contributed by atoms with Crippen LogP contribution in [-0.2, 0) is 16.8 Å². The van der Waals surface area contributed by atoms with Gasteiger partial charge in [-0.15, -0.1) is 0 Å². The molecule has 1 fully saturated rings. The van der Waals surface area contributed by atoms with Crippen molar-refractivity contribution < 1.29 is 14.1 Å². The Labute approximate surface area is 176 Å². The van der Waals surface area contributed by atoms with E-state index in [1.54, 1.807) is 7.11 Å². The Hall–Kier alpha value is -3.15. The van der Waals surface area contributed by atoms with Crippen molar-refractivity contribution in [2.75, 3.05) is 13.7 Å². The third-order valence-electron chi connectivity index (χ3n) is 5.57. The third kappa shape index (κ3) is 4.08. The molecule has 2 aromatic carbocycles. The van der Waals surface area contributed by atoms with E-state index in [-0.39, 0.29) is 17.2 Å². The maximum absolute atomic E-state index is 12.6. The van der Waals surface area contributed by atoms with Gasteiger partial charge in [0.15, 0.2) is 5.82 Å². The van der Waals surface area contributed by atoms with Gasteiger partial charge < -0.3 is 14.2 Å². The molecule has 1 saturated heterocycles. The molecule has 1 aromatic heterocycles. The fourth-order valence-corrected chi connectivity index (χ4v) is 3.77. The van der Waals surface area contributed by atoms with E-state index in [0.29, 0.717) is 31.2 Å². The van der Waals surface area contributed by atoms with Crippen LogP contribution in [0.5, 0.6) is 5.75 Å². The highest BCUT2D eigenvalue weighted by Crippen LogP contribution is 2.31. The van der Waals surface area contributed by atoms with Crippen molar-refractivity contribution in [2.45, 2.75) is 45.1 Å². The zero-order valence-electron chi connectivity index (χ0n) is 17.9. The first-order valence-electron chi connectivity index (χ1n) is 10.2. The molecular weight excluding hydrogens is 378 g/mol. The predicted molar refractivity (Wildman–Crippen MR) is 114 cm³/mol. The molecule has 2 heterocycles. The van der Waals surface area contributed by atoms with Crippen molar-refractivity contribution in [1.29, 1.82) is 0 Å². The second kappa shape index (κ2) is 7.94. The number of hydrogen-bond donors (Lipinski definition) is 0. The van der Waals surface area contributed by atoms with Crippen molar-refractivity contribution in [3.63, 3.8) is 0 Å². The zero-order valence-corrected chi connectivity index (χ0v) is 17.9. The molecule has 30 heavy (non-hydrogen) atoms. The molecule has 0 bridgehead atoms. The van der Waals surface area contributed by atoms with Crippen LogP contribution in [-0.4, -0.2) is 34.6 Å². The van der Waals surface area contributed by atoms with Gasteiger partial charge in [-0.1, -0.05) is 56.3 Å². The van der Waals surface area contributed by atoms with Crippen LogP contribution in [0.25, 0.3) is 11.5 Å². The number of aromatic nitrogens is 2. The molecule has 0 spiro atoms. The smallest absolute Gasteiger partial charge is 0.257 e. The van der Waals surface area contributed by atoms with Crippen LogP contribution < -0.4 is 4.74 Å². The number of likely N-dealkylation sites (tertiary alicyclic amines) is 1. The number of methoxy groups -OCH3 is 1. The minimum absolute atomic E-state index is 0.0708. The summed E-state index contributed by atoms with van der Waals surface area (Å²) in [7, 11) is 1.64. The van der Waals surface area contributed by atoms with Crippen LogP contribution in [0.15, 0.2) is 53.1 Å². The first-order valence-corrected chi connectivity index (χ1v) is 10.2. The molecule has 0 radical (unpaired) electrons. The Morgan fingerprint density at radius 1 is 1.13 bits per heavy atom. The van der Waals surface area contributed by atoms with Gasteiger partial charge in [-0.05, 0) is 29.2 Å². The minimum atomic E-state index is -0.0708. The number of benzene rings is 2. The monoisotopic (exact) mass is 405 g/mol. The molecule has 0 N–H and O–H groups in total. The zero-order chi connectivity index (χ0) is 21.3. The minimum Gasteiger partial charge on any atom is -0.496 e. The summed E-state index contributed by atoms with van der Waals surface area (Å²) >= 11 is 0. The van der Waals surface area contributed by atoms with E-state index in [2.05, 4.69) is 43.0 Å². The SMILES string of the molecule is COc1ccccc1CN1CC(c2noc(-c3ccc(C(C)(C)C)cc3)n2)CC1=O. The fourth-order valence-electron chi connectivity index (χ4n) is 3.77. The van der Waals surface area contributed by atoms with Crippen LogP contribution in [0, 0.1) is 0 Å². The van der Waals surface area contributed by atoms with Crippen molar-refractivity contribution in [2.24, 2.45) is 0 Å². The van der Waals surface area contributed by atoms with E-state index in [0.717, 1.165) is 16.9 Å². The average Bonchev–Trinajstić information content (AvgIpc) is 3.35. The van der Waals surface area contributed by atoms with Gasteiger partial charge in [0.1, 0.15) is 5.75 Å². The van der Waals surface area contributed by atoms with Crippen molar-refractivity contribution in [1.82, 2.24) is 15.0 Å². The lowest BCUT2D eigenvalue weighted by Crippen LogP contribution is -2.24. The summed E-state index contributed by atoms with van der Waals surface area (Å²) in [4.78, 5) is 19.0. The molecule has 6 heteroatoms. The summed E-state index contributed by atoms with van der Waals surface area (Å²) in [6, 6.07) is 16.0. The lowest BCUT2D eigenvalue weighted by atomic mass is 9.87. The highest BCUT2D eigenvalue weighted by Gasteiger charge is 2.34. The van der Waals surface area contributed by atoms with E-state index in [1.165, 1.54) is 5.56 Å². The van der Waals surface area contributed by atoms with E-state index >= 15 is 0 Å². The Bertz CT molecular complexity index is 1030. The molecule has 6 nitrogen and oxygen atoms in total. The van der Waals surface area contributed by atoms with Crippen LogP contribution in [0.3, 0.4) is 0 Å². The van der Waals surface area contributed by atoms with Gasteiger partial charge in [-0.3, -0.25) is 4.79 Å². The Balaban J connectivity index is 1.47. The third-order valence-corrected chi connectivity index (χ3v) is 5.57. The van der Waals surface area contributed by atoms with Gasteiger partial charge in [-0.25, -0.2) is 0 Å². The number of para-hydroxylation sites is 1. The number of rotatable bonds is 5. The number of carbonyl (C=O) groups is 1. The maximum atomic E-state index is 12.6. The van der Waals surface area contributed by atoms with Crippen LogP contribution in [0.2, 0.25) is 0 Å². The number of nitrogens with zero attached hydrogens (tertiary/aromatic N) is 3. The van der Waals surface area contributed by atoms with E-state index in [1.807, 2.05) is 41.3 Å². The van der Waals surface area contributed by atoms with Gasteiger partial charge >= 0.3 is 0 Å². The molecule has 3 aromatic rings. The second-order valence-corrected chi connectivity index (χ2v) is 8.77. The Kier molecular flexibility index (Phi) is 5.33. The number of ether oxygens (including phenoxy) is 1. The predicted octanol–water partition coefficient (Wildman–Crippen LogP) is 4.56. The molecule has 1 unspecified atom stereocenters. The summed E-state index contributed by atoms with van der Waals surface area (Å²) in [5, 5.41) is 4.17. The second-order valence-electron chi connectivity index (χ2n) is 8.77. The van der Waals surface area contributed by atoms with Gasteiger partial charge in [0.05, 0.1) is 7.11 Å². The molecule has 1 aliphatic heterocycles. The molecular formula is C24H27N3O3. The summed E-state index contributed by atoms with van der Waals surface area (Å²) in [5.74, 6) is 1.88. The Morgan fingerprint density at radius 3 is 2.57 bits per heavy atom. The van der Waals surface area contributed by atoms with E-state index in [4.69, 9.17) is 9.26 Å². The molecule has 0 saturated carbocycles. The van der Waals surface area contributed by atoms with E-state index < -0.39 is 0 Å². The largest absolute Gasteiger partial charge is 0.496 e. The lowest BCUT2D eigenvalue weighted by molar-refractivity contribution is -0.128. The van der Waals surface area contributed by atoms with Gasteiger partial charge in [-0.2, -0.15) is 4.98 Å². The molecule has 4 rings (SSSR count). The standard InChI is InChI=1S/C24H27N3O3/c1-24(2,3)19-11-9-16(10-12-19)23-25-22(26-30-23)18-13-21(28)27(15-18)14-17-7-5-6-8-20(17)29-4/h5-12,18H,13-15H2,1-4H3. The molecule has 156 valence electrons. The molecule has 1 amide bonds. The molecule has 0 aliphatic carbocycles. The summed E-state index contributed by atoms with van der Waals surface area (Å²) in [6.07, 6.45) is 0.386. The number of hydrogen-bond acceptors (Lipinski definition) is 5. The summed E-state index contributed by atoms with van der Waals surface area (Å²) < 4.78 is 10.9. The van der Waals surface area contributed by atoms with Gasteiger partial charge in [0.25, 0.3) is 5.89 Å². The quantitative estimate of drug-likeness (QED) is 0.622. The molecule has 1 aliphatic rings. The average molecular weight is 405 g/mol. The highest BCUT2D eigenvalue weighted by atomic mass is 16.5. The summed E-state index contributed by atoms with van der Waals surface area (Å²) in [5.41, 5.74) is 3.21. The first kappa shape index (κ1) is 20.1. The summed E-state index contributed by atoms with van der Waals surface area (Å²) in [6.45, 7) is 7.62. The molecule has 1 atom stereocenters. The normalized spacial score (nSPS) is 16.9. The first-order chi connectivity index (χ1) is 14.3. The van der Waals surface area contributed by atoms with Crippen LogP contribution >= 0.6 is 0 Å². The van der Waals surface area contributed by atoms with Crippen molar-refractivity contribution in [3.8, 4) is 17.2 Å². The lowest BCUT2D eigenvalue weighted by Gasteiger charge is -2.18. The van der Waals surface area contributed by atoms with Crippen molar-refractivity contribution >= 4 is 5.91 Å². The van der Waals surface area contributed by atoms with Crippen LogP contribution in [0.4, 0.5) is 0 Å². The van der Waals surface area contributed by atoms with Gasteiger partial charge in [0.2, 0.25) is 5.91 Å².